The maximum atomic E-state index is 12.4. The summed E-state index contributed by atoms with van der Waals surface area (Å²) in [5.74, 6) is 0.607. The van der Waals surface area contributed by atoms with Gasteiger partial charge in [0.25, 0.3) is 5.91 Å². The van der Waals surface area contributed by atoms with Gasteiger partial charge in [-0.2, -0.15) is 0 Å². The van der Waals surface area contributed by atoms with Crippen LogP contribution in [0.15, 0.2) is 12.4 Å². The average Bonchev–Trinajstić information content (AvgIpc) is 3.00. The molecule has 24 heavy (non-hydrogen) atoms. The third-order valence-electron chi connectivity index (χ3n) is 5.29. The molecule has 0 radical (unpaired) electrons. The smallest absolute Gasteiger partial charge is 0.254 e. The Bertz CT molecular complexity index is 501. The number of nitrogens with one attached hydrogen (secondary N) is 2. The minimum atomic E-state index is -0.0390. The summed E-state index contributed by atoms with van der Waals surface area (Å²) in [4.78, 5) is 21.1. The molecule has 2 fully saturated rings. The number of anilines is 1. The fourth-order valence-electron chi connectivity index (χ4n) is 3.82. The van der Waals surface area contributed by atoms with Gasteiger partial charge in [0.1, 0.15) is 0 Å². The molecule has 0 bridgehead atoms. The van der Waals surface area contributed by atoms with Crippen molar-refractivity contribution in [1.29, 1.82) is 0 Å². The molecule has 1 aromatic rings. The lowest BCUT2D eigenvalue weighted by Gasteiger charge is -2.17. The zero-order valence-electron chi connectivity index (χ0n) is 14.6. The summed E-state index contributed by atoms with van der Waals surface area (Å²) >= 11 is 0. The molecule has 5 heteroatoms. The molecule has 0 spiro atoms. The van der Waals surface area contributed by atoms with Crippen molar-refractivity contribution in [3.8, 4) is 0 Å². The van der Waals surface area contributed by atoms with E-state index in [1.54, 1.807) is 12.4 Å². The van der Waals surface area contributed by atoms with Crippen LogP contribution in [0.25, 0.3) is 0 Å². The first-order valence-electron chi connectivity index (χ1n) is 9.71. The number of hydrogen-bond acceptors (Lipinski definition) is 4. The van der Waals surface area contributed by atoms with Crippen LogP contribution in [0.4, 0.5) is 5.95 Å². The normalized spacial score (nSPS) is 20.8. The van der Waals surface area contributed by atoms with Crippen molar-refractivity contribution >= 4 is 11.9 Å². The average molecular weight is 330 g/mol. The molecule has 0 aliphatic heterocycles. The van der Waals surface area contributed by atoms with Crippen LogP contribution in [0.3, 0.4) is 0 Å². The van der Waals surface area contributed by atoms with Crippen molar-refractivity contribution in [3.63, 3.8) is 0 Å². The van der Waals surface area contributed by atoms with Crippen molar-refractivity contribution in [1.82, 2.24) is 15.3 Å². The second-order valence-corrected chi connectivity index (χ2v) is 7.29. The number of amides is 1. The van der Waals surface area contributed by atoms with Gasteiger partial charge in [0, 0.05) is 24.5 Å². The Hall–Kier alpha value is -1.65. The Morgan fingerprint density at radius 1 is 0.792 bits per heavy atom. The molecule has 0 saturated heterocycles. The number of carbonyl (C=O) groups is 1. The third kappa shape index (κ3) is 5.18. The first kappa shape index (κ1) is 17.2. The zero-order valence-corrected chi connectivity index (χ0v) is 14.6. The lowest BCUT2D eigenvalue weighted by atomic mass is 10.1. The molecule has 0 aromatic carbocycles. The van der Waals surface area contributed by atoms with Crippen LogP contribution in [0, 0.1) is 0 Å². The summed E-state index contributed by atoms with van der Waals surface area (Å²) in [6.07, 6.45) is 18.1. The van der Waals surface area contributed by atoms with E-state index in [4.69, 9.17) is 0 Å². The minimum absolute atomic E-state index is 0.0390. The predicted molar refractivity (Wildman–Crippen MR) is 96.1 cm³/mol. The molecule has 0 atom stereocenters. The summed E-state index contributed by atoms with van der Waals surface area (Å²) < 4.78 is 0. The van der Waals surface area contributed by atoms with Crippen molar-refractivity contribution in [2.45, 2.75) is 89.1 Å². The first-order chi connectivity index (χ1) is 11.8. The van der Waals surface area contributed by atoms with E-state index in [-0.39, 0.29) is 5.91 Å². The number of nitrogens with zero attached hydrogens (tertiary/aromatic N) is 2. The topological polar surface area (TPSA) is 66.9 Å². The second-order valence-electron chi connectivity index (χ2n) is 7.29. The van der Waals surface area contributed by atoms with Crippen LogP contribution < -0.4 is 10.6 Å². The van der Waals surface area contributed by atoms with Gasteiger partial charge in [-0.05, 0) is 25.7 Å². The molecule has 1 heterocycles. The van der Waals surface area contributed by atoms with Gasteiger partial charge in [0.2, 0.25) is 5.95 Å². The van der Waals surface area contributed by atoms with E-state index in [1.807, 2.05) is 0 Å². The molecule has 1 amide bonds. The monoisotopic (exact) mass is 330 g/mol. The van der Waals surface area contributed by atoms with Crippen molar-refractivity contribution in [2.75, 3.05) is 5.32 Å². The molecule has 2 aliphatic rings. The van der Waals surface area contributed by atoms with Gasteiger partial charge in [-0.1, -0.05) is 51.4 Å². The summed E-state index contributed by atoms with van der Waals surface area (Å²) in [7, 11) is 0. The van der Waals surface area contributed by atoms with Gasteiger partial charge in [0.15, 0.2) is 0 Å². The molecule has 132 valence electrons. The van der Waals surface area contributed by atoms with Crippen LogP contribution in [0.1, 0.15) is 87.4 Å². The maximum Gasteiger partial charge on any atom is 0.254 e. The Morgan fingerprint density at radius 2 is 1.29 bits per heavy atom. The van der Waals surface area contributed by atoms with E-state index in [0.717, 1.165) is 12.8 Å². The van der Waals surface area contributed by atoms with Crippen molar-refractivity contribution < 1.29 is 4.79 Å². The molecule has 3 rings (SSSR count). The standard InChI is InChI=1S/C19H30N4O/c24-18(22-16-9-5-1-2-6-10-16)15-13-20-19(21-14-15)23-17-11-7-3-4-8-12-17/h13-14,16-17H,1-12H2,(H,22,24)(H,20,21,23). The molecule has 2 N–H and O–H groups in total. The van der Waals surface area contributed by atoms with Gasteiger partial charge >= 0.3 is 0 Å². The van der Waals surface area contributed by atoms with Crippen molar-refractivity contribution in [2.24, 2.45) is 0 Å². The lowest BCUT2D eigenvalue weighted by molar-refractivity contribution is 0.0932. The lowest BCUT2D eigenvalue weighted by Crippen LogP contribution is -2.34. The van der Waals surface area contributed by atoms with Gasteiger partial charge in [0.05, 0.1) is 5.56 Å². The fourth-order valence-corrected chi connectivity index (χ4v) is 3.82. The van der Waals surface area contributed by atoms with E-state index in [9.17, 15) is 4.79 Å². The summed E-state index contributed by atoms with van der Waals surface area (Å²) in [6, 6.07) is 0.780. The highest BCUT2D eigenvalue weighted by Gasteiger charge is 2.17. The van der Waals surface area contributed by atoms with Gasteiger partial charge in [-0.25, -0.2) is 9.97 Å². The molecular weight excluding hydrogens is 300 g/mol. The molecule has 5 nitrogen and oxygen atoms in total. The van der Waals surface area contributed by atoms with E-state index < -0.39 is 0 Å². The van der Waals surface area contributed by atoms with Gasteiger partial charge in [-0.15, -0.1) is 0 Å². The van der Waals surface area contributed by atoms with Crippen LogP contribution in [0.5, 0.6) is 0 Å². The number of carbonyl (C=O) groups excluding carboxylic acids is 1. The molecule has 2 saturated carbocycles. The van der Waals surface area contributed by atoms with Gasteiger partial charge in [-0.3, -0.25) is 4.79 Å². The van der Waals surface area contributed by atoms with Crippen LogP contribution in [-0.2, 0) is 0 Å². The first-order valence-corrected chi connectivity index (χ1v) is 9.71. The van der Waals surface area contributed by atoms with Gasteiger partial charge < -0.3 is 10.6 Å². The number of rotatable bonds is 4. The zero-order chi connectivity index (χ0) is 16.6. The van der Waals surface area contributed by atoms with E-state index in [2.05, 4.69) is 20.6 Å². The molecule has 0 unspecified atom stereocenters. The highest BCUT2D eigenvalue weighted by molar-refractivity contribution is 5.93. The summed E-state index contributed by atoms with van der Waals surface area (Å²) in [5, 5.41) is 6.57. The Balaban J connectivity index is 1.52. The molecular formula is C19H30N4O. The Morgan fingerprint density at radius 3 is 1.83 bits per heavy atom. The SMILES string of the molecule is O=C(NC1CCCCCC1)c1cnc(NC2CCCCCC2)nc1. The van der Waals surface area contributed by atoms with E-state index in [0.29, 0.717) is 23.6 Å². The van der Waals surface area contributed by atoms with Crippen molar-refractivity contribution in [3.05, 3.63) is 18.0 Å². The van der Waals surface area contributed by atoms with E-state index in [1.165, 1.54) is 64.2 Å². The maximum absolute atomic E-state index is 12.4. The second kappa shape index (κ2) is 9.00. The number of aromatic nitrogens is 2. The van der Waals surface area contributed by atoms with Crippen LogP contribution >= 0.6 is 0 Å². The molecule has 1 aromatic heterocycles. The fraction of sp³-hybridized carbons (Fsp3) is 0.737. The highest BCUT2D eigenvalue weighted by atomic mass is 16.1. The molecule has 2 aliphatic carbocycles. The van der Waals surface area contributed by atoms with Crippen LogP contribution in [-0.4, -0.2) is 28.0 Å². The Kier molecular flexibility index (Phi) is 6.44. The summed E-state index contributed by atoms with van der Waals surface area (Å²) in [5.41, 5.74) is 0.561. The summed E-state index contributed by atoms with van der Waals surface area (Å²) in [6.45, 7) is 0. The largest absolute Gasteiger partial charge is 0.351 e. The highest BCUT2D eigenvalue weighted by Crippen LogP contribution is 2.20. The minimum Gasteiger partial charge on any atom is -0.351 e. The Labute approximate surface area is 145 Å². The predicted octanol–water partition coefficient (Wildman–Crippen LogP) is 4.06. The quantitative estimate of drug-likeness (QED) is 0.817. The third-order valence-corrected chi connectivity index (χ3v) is 5.29. The van der Waals surface area contributed by atoms with E-state index >= 15 is 0 Å². The number of hydrogen-bond donors (Lipinski definition) is 2. The van der Waals surface area contributed by atoms with Crippen LogP contribution in [0.2, 0.25) is 0 Å².